The smallest absolute Gasteiger partial charge is 0.243 e. The van der Waals surface area contributed by atoms with Crippen LogP contribution in [0.3, 0.4) is 0 Å². The molecule has 1 aromatic carbocycles. The van der Waals surface area contributed by atoms with Gasteiger partial charge in [-0.15, -0.1) is 0 Å². The summed E-state index contributed by atoms with van der Waals surface area (Å²) in [5, 5.41) is 0. The molecule has 1 aliphatic rings. The number of likely N-dealkylation sites (N-methyl/N-ethyl adjacent to an activating group) is 1. The molecule has 0 radical (unpaired) electrons. The Morgan fingerprint density at radius 1 is 1.12 bits per heavy atom. The lowest BCUT2D eigenvalue weighted by Gasteiger charge is -2.18. The predicted molar refractivity (Wildman–Crippen MR) is 66.4 cm³/mol. The van der Waals surface area contributed by atoms with Crippen molar-refractivity contribution in [1.29, 1.82) is 0 Å². The third-order valence-electron chi connectivity index (χ3n) is 3.18. The van der Waals surface area contributed by atoms with E-state index in [0.717, 1.165) is 19.5 Å². The van der Waals surface area contributed by atoms with E-state index < -0.39 is 10.0 Å². The summed E-state index contributed by atoms with van der Waals surface area (Å²) >= 11 is 0. The average Bonchev–Trinajstić information content (AvgIpc) is 2.55. The zero-order valence-electron chi connectivity index (χ0n) is 10.1. The van der Waals surface area contributed by atoms with Crippen LogP contribution in [0.25, 0.3) is 0 Å². The van der Waals surface area contributed by atoms with Gasteiger partial charge in [0.25, 0.3) is 0 Å². The number of nitrogens with zero attached hydrogens (tertiary/aromatic N) is 1. The molecule has 4 nitrogen and oxygen atoms in total. The molecular formula is C12H19N2O2S+. The maximum absolute atomic E-state index is 12.4. The first-order valence-corrected chi connectivity index (χ1v) is 7.41. The van der Waals surface area contributed by atoms with Gasteiger partial charge < -0.3 is 4.90 Å². The molecule has 1 N–H and O–H groups in total. The summed E-state index contributed by atoms with van der Waals surface area (Å²) in [7, 11) is -1.18. The Bertz CT molecular complexity index is 459. The van der Waals surface area contributed by atoms with E-state index in [0.29, 0.717) is 18.0 Å². The van der Waals surface area contributed by atoms with Crippen LogP contribution in [-0.4, -0.2) is 45.9 Å². The van der Waals surface area contributed by atoms with Gasteiger partial charge in [0, 0.05) is 13.0 Å². The van der Waals surface area contributed by atoms with Gasteiger partial charge in [-0.1, -0.05) is 18.2 Å². The van der Waals surface area contributed by atoms with Crippen LogP contribution in [0.1, 0.15) is 6.42 Å². The summed E-state index contributed by atoms with van der Waals surface area (Å²) < 4.78 is 26.3. The minimum Gasteiger partial charge on any atom is -0.336 e. The fraction of sp³-hybridized carbons (Fsp3) is 0.500. The second kappa shape index (κ2) is 5.16. The van der Waals surface area contributed by atoms with E-state index in [4.69, 9.17) is 0 Å². The number of benzene rings is 1. The molecule has 17 heavy (non-hydrogen) atoms. The van der Waals surface area contributed by atoms with Crippen molar-refractivity contribution in [2.45, 2.75) is 11.3 Å². The first-order chi connectivity index (χ1) is 8.10. The third kappa shape index (κ3) is 2.86. The molecule has 1 unspecified atom stereocenters. The molecule has 0 amide bonds. The fourth-order valence-corrected chi connectivity index (χ4v) is 3.59. The molecule has 0 saturated carbocycles. The van der Waals surface area contributed by atoms with Gasteiger partial charge in [-0.25, -0.2) is 8.42 Å². The largest absolute Gasteiger partial charge is 0.336 e. The van der Waals surface area contributed by atoms with Crippen molar-refractivity contribution in [1.82, 2.24) is 4.31 Å². The van der Waals surface area contributed by atoms with Crippen molar-refractivity contribution in [3.05, 3.63) is 30.3 Å². The highest BCUT2D eigenvalue weighted by molar-refractivity contribution is 7.89. The first-order valence-electron chi connectivity index (χ1n) is 5.97. The van der Waals surface area contributed by atoms with Gasteiger partial charge in [0.15, 0.2) is 0 Å². The van der Waals surface area contributed by atoms with Crippen LogP contribution < -0.4 is 4.90 Å². The van der Waals surface area contributed by atoms with Gasteiger partial charge in [0.05, 0.1) is 31.6 Å². The van der Waals surface area contributed by atoms with Crippen LogP contribution >= 0.6 is 0 Å². The molecule has 0 aliphatic carbocycles. The molecule has 1 fully saturated rings. The third-order valence-corrected chi connectivity index (χ3v) is 5.09. The zero-order valence-corrected chi connectivity index (χ0v) is 10.9. The minimum absolute atomic E-state index is 0.402. The van der Waals surface area contributed by atoms with Crippen LogP contribution in [0.4, 0.5) is 0 Å². The second-order valence-electron chi connectivity index (χ2n) is 4.53. The van der Waals surface area contributed by atoms with E-state index in [-0.39, 0.29) is 0 Å². The van der Waals surface area contributed by atoms with Gasteiger partial charge in [-0.3, -0.25) is 0 Å². The molecule has 0 aromatic heterocycles. The lowest BCUT2D eigenvalue weighted by Crippen LogP contribution is -3.09. The number of rotatable bonds is 2. The Hall–Kier alpha value is -0.910. The zero-order chi connectivity index (χ0) is 12.3. The van der Waals surface area contributed by atoms with Crippen molar-refractivity contribution in [2.24, 2.45) is 0 Å². The van der Waals surface area contributed by atoms with Gasteiger partial charge in [0.2, 0.25) is 10.0 Å². The quantitative estimate of drug-likeness (QED) is 0.781. The van der Waals surface area contributed by atoms with Crippen molar-refractivity contribution < 1.29 is 13.3 Å². The lowest BCUT2D eigenvalue weighted by atomic mass is 10.4. The Balaban J connectivity index is 2.21. The molecule has 94 valence electrons. The summed E-state index contributed by atoms with van der Waals surface area (Å²) in [5.74, 6) is 0. The average molecular weight is 255 g/mol. The Morgan fingerprint density at radius 3 is 2.53 bits per heavy atom. The summed E-state index contributed by atoms with van der Waals surface area (Å²) in [6.45, 7) is 3.17. The maximum atomic E-state index is 12.4. The van der Waals surface area contributed by atoms with E-state index in [2.05, 4.69) is 7.05 Å². The summed E-state index contributed by atoms with van der Waals surface area (Å²) in [5.41, 5.74) is 0. The maximum Gasteiger partial charge on any atom is 0.243 e. The van der Waals surface area contributed by atoms with E-state index in [1.165, 1.54) is 4.90 Å². The van der Waals surface area contributed by atoms with Gasteiger partial charge in [0.1, 0.15) is 0 Å². The molecule has 1 saturated heterocycles. The number of hydrogen-bond donors (Lipinski definition) is 1. The molecule has 0 spiro atoms. The van der Waals surface area contributed by atoms with Crippen LogP contribution in [0.15, 0.2) is 35.2 Å². The normalized spacial score (nSPS) is 23.2. The molecule has 2 rings (SSSR count). The van der Waals surface area contributed by atoms with Gasteiger partial charge in [-0.05, 0) is 12.1 Å². The predicted octanol–water partition coefficient (Wildman–Crippen LogP) is -0.404. The molecule has 5 heteroatoms. The van der Waals surface area contributed by atoms with Gasteiger partial charge in [-0.2, -0.15) is 4.31 Å². The number of nitrogens with one attached hydrogen (secondary N) is 1. The summed E-state index contributed by atoms with van der Waals surface area (Å²) in [6.07, 6.45) is 0.928. The highest BCUT2D eigenvalue weighted by Crippen LogP contribution is 2.15. The topological polar surface area (TPSA) is 41.8 Å². The van der Waals surface area contributed by atoms with Crippen LogP contribution in [0, 0.1) is 0 Å². The van der Waals surface area contributed by atoms with E-state index in [9.17, 15) is 8.42 Å². The molecule has 1 atom stereocenters. The SMILES string of the molecule is C[NH+]1CCCN(S(=O)(=O)c2ccccc2)CC1. The van der Waals surface area contributed by atoms with Crippen LogP contribution in [-0.2, 0) is 10.0 Å². The van der Waals surface area contributed by atoms with Crippen LogP contribution in [0.2, 0.25) is 0 Å². The molecule has 1 aliphatic heterocycles. The number of quaternary nitrogens is 1. The minimum atomic E-state index is -3.29. The molecule has 1 aromatic rings. The van der Waals surface area contributed by atoms with Crippen molar-refractivity contribution in [3.8, 4) is 0 Å². The fourth-order valence-electron chi connectivity index (χ4n) is 2.09. The van der Waals surface area contributed by atoms with E-state index in [1.54, 1.807) is 28.6 Å². The van der Waals surface area contributed by atoms with E-state index in [1.807, 2.05) is 6.07 Å². The van der Waals surface area contributed by atoms with Crippen molar-refractivity contribution in [3.63, 3.8) is 0 Å². The lowest BCUT2D eigenvalue weighted by molar-refractivity contribution is -0.877. The Kier molecular flexibility index (Phi) is 3.81. The van der Waals surface area contributed by atoms with Crippen molar-refractivity contribution >= 4 is 10.0 Å². The standard InChI is InChI=1S/C12H18N2O2S/c1-13-8-5-9-14(11-10-13)17(15,16)12-6-3-2-4-7-12/h2-4,6-7H,5,8-11H2,1H3/p+1. The van der Waals surface area contributed by atoms with Crippen LogP contribution in [0.5, 0.6) is 0 Å². The summed E-state index contributed by atoms with van der Waals surface area (Å²) in [4.78, 5) is 1.80. The second-order valence-corrected chi connectivity index (χ2v) is 6.47. The molecule has 0 bridgehead atoms. The highest BCUT2D eigenvalue weighted by atomic mass is 32.2. The first kappa shape index (κ1) is 12.5. The Morgan fingerprint density at radius 2 is 1.82 bits per heavy atom. The molecular weight excluding hydrogens is 236 g/mol. The summed E-state index contributed by atoms with van der Waals surface area (Å²) in [6, 6.07) is 8.69. The molecule has 1 heterocycles. The highest BCUT2D eigenvalue weighted by Gasteiger charge is 2.26. The Labute approximate surface area is 103 Å². The monoisotopic (exact) mass is 255 g/mol. The number of hydrogen-bond acceptors (Lipinski definition) is 2. The van der Waals surface area contributed by atoms with Gasteiger partial charge >= 0.3 is 0 Å². The van der Waals surface area contributed by atoms with Crippen molar-refractivity contribution in [2.75, 3.05) is 33.2 Å². The van der Waals surface area contributed by atoms with E-state index >= 15 is 0 Å². The number of sulfonamides is 1.